The van der Waals surface area contributed by atoms with Crippen LogP contribution in [0, 0.1) is 12.8 Å². The molecule has 2 heterocycles. The fourth-order valence-electron chi connectivity index (χ4n) is 4.77. The Morgan fingerprint density at radius 1 is 1.06 bits per heavy atom. The van der Waals surface area contributed by atoms with E-state index in [0.717, 1.165) is 22.6 Å². The van der Waals surface area contributed by atoms with E-state index in [0.29, 0.717) is 26.0 Å². The molecule has 4 atom stereocenters. The van der Waals surface area contributed by atoms with Crippen molar-refractivity contribution in [2.45, 2.75) is 51.8 Å². The molecule has 170 valence electrons. The summed E-state index contributed by atoms with van der Waals surface area (Å²) in [5.41, 5.74) is 2.89. The number of amides is 2. The zero-order valence-electron chi connectivity index (χ0n) is 19.3. The van der Waals surface area contributed by atoms with Gasteiger partial charge in [-0.2, -0.15) is 0 Å². The van der Waals surface area contributed by atoms with Gasteiger partial charge in [0.2, 0.25) is 11.8 Å². The zero-order valence-corrected chi connectivity index (χ0v) is 19.3. The van der Waals surface area contributed by atoms with Crippen molar-refractivity contribution in [3.8, 4) is 5.75 Å². The summed E-state index contributed by atoms with van der Waals surface area (Å²) in [6.07, 6.45) is 0.897. The molecule has 4 rings (SSSR count). The number of anilines is 1. The molecule has 0 saturated carbocycles. The number of aryl methyl sites for hydroxylation is 1. The third-order valence-electron chi connectivity index (χ3n) is 6.57. The molecule has 0 N–H and O–H groups in total. The first-order chi connectivity index (χ1) is 15.4. The number of hydrogen-bond acceptors (Lipinski definition) is 4. The van der Waals surface area contributed by atoms with Crippen molar-refractivity contribution >= 4 is 17.5 Å². The van der Waals surface area contributed by atoms with E-state index in [2.05, 4.69) is 0 Å². The number of piperidine rings is 1. The molecule has 2 fully saturated rings. The van der Waals surface area contributed by atoms with Gasteiger partial charge >= 0.3 is 0 Å². The lowest BCUT2D eigenvalue weighted by atomic mass is 9.82. The molecule has 6 heteroatoms. The lowest BCUT2D eigenvalue weighted by Gasteiger charge is -2.45. The second-order valence-corrected chi connectivity index (χ2v) is 8.95. The standard InChI is InChI=1S/C26H32N2O4/c1-17-5-9-21(10-6-17)28-24(29)14-13-23(25(28)20-7-11-22(31-4)12-8-20)26(30)27-15-19(3)32-16-18(27)2/h5-12,18-19,23,25H,13-16H2,1-4H3. The number of benzene rings is 2. The van der Waals surface area contributed by atoms with Gasteiger partial charge in [0.25, 0.3) is 0 Å². The predicted molar refractivity (Wildman–Crippen MR) is 124 cm³/mol. The fraction of sp³-hybridized carbons (Fsp3) is 0.462. The molecular weight excluding hydrogens is 404 g/mol. The molecule has 6 nitrogen and oxygen atoms in total. The third kappa shape index (κ3) is 4.37. The third-order valence-corrected chi connectivity index (χ3v) is 6.57. The van der Waals surface area contributed by atoms with Crippen LogP contribution in [0.5, 0.6) is 5.75 Å². The average molecular weight is 437 g/mol. The second-order valence-electron chi connectivity index (χ2n) is 8.95. The van der Waals surface area contributed by atoms with Crippen LogP contribution in [0.4, 0.5) is 5.69 Å². The Kier molecular flexibility index (Phi) is 6.51. The molecule has 0 bridgehead atoms. The van der Waals surface area contributed by atoms with Crippen LogP contribution in [-0.2, 0) is 14.3 Å². The van der Waals surface area contributed by atoms with Crippen LogP contribution in [0.3, 0.4) is 0 Å². The summed E-state index contributed by atoms with van der Waals surface area (Å²) in [4.78, 5) is 30.8. The molecule has 2 aromatic carbocycles. The van der Waals surface area contributed by atoms with Gasteiger partial charge in [-0.1, -0.05) is 29.8 Å². The summed E-state index contributed by atoms with van der Waals surface area (Å²) in [7, 11) is 1.63. The van der Waals surface area contributed by atoms with E-state index in [9.17, 15) is 9.59 Å². The van der Waals surface area contributed by atoms with Crippen LogP contribution in [0.15, 0.2) is 48.5 Å². The molecule has 2 amide bonds. The van der Waals surface area contributed by atoms with Gasteiger partial charge in [0.05, 0.1) is 37.8 Å². The first-order valence-corrected chi connectivity index (χ1v) is 11.3. The molecule has 0 radical (unpaired) electrons. The van der Waals surface area contributed by atoms with Crippen molar-refractivity contribution in [1.82, 2.24) is 4.90 Å². The summed E-state index contributed by atoms with van der Waals surface area (Å²) in [5.74, 6) is 0.562. The van der Waals surface area contributed by atoms with E-state index in [4.69, 9.17) is 9.47 Å². The van der Waals surface area contributed by atoms with Crippen molar-refractivity contribution in [3.05, 3.63) is 59.7 Å². The van der Waals surface area contributed by atoms with Crippen molar-refractivity contribution in [2.24, 2.45) is 5.92 Å². The molecule has 4 unspecified atom stereocenters. The smallest absolute Gasteiger partial charge is 0.228 e. The highest BCUT2D eigenvalue weighted by Gasteiger charge is 2.44. The Labute approximate surface area is 190 Å². The number of methoxy groups -OCH3 is 1. The van der Waals surface area contributed by atoms with Crippen LogP contribution in [0.1, 0.15) is 43.9 Å². The van der Waals surface area contributed by atoms with Gasteiger partial charge in [-0.3, -0.25) is 9.59 Å². The van der Waals surface area contributed by atoms with E-state index in [1.807, 2.05) is 79.1 Å². The molecular formula is C26H32N2O4. The molecule has 0 aromatic heterocycles. The van der Waals surface area contributed by atoms with Gasteiger partial charge in [-0.15, -0.1) is 0 Å². The van der Waals surface area contributed by atoms with Crippen molar-refractivity contribution in [3.63, 3.8) is 0 Å². The summed E-state index contributed by atoms with van der Waals surface area (Å²) in [5, 5.41) is 0. The highest BCUT2D eigenvalue weighted by Crippen LogP contribution is 2.41. The number of morpholine rings is 1. The Hall–Kier alpha value is -2.86. The normalized spacial score (nSPS) is 26.2. The minimum atomic E-state index is -0.372. The Balaban J connectivity index is 1.75. The molecule has 0 spiro atoms. The van der Waals surface area contributed by atoms with Crippen LogP contribution in [-0.4, -0.2) is 49.1 Å². The largest absolute Gasteiger partial charge is 0.497 e. The van der Waals surface area contributed by atoms with E-state index in [1.54, 1.807) is 7.11 Å². The van der Waals surface area contributed by atoms with Gasteiger partial charge < -0.3 is 19.3 Å². The maximum Gasteiger partial charge on any atom is 0.228 e. The van der Waals surface area contributed by atoms with Gasteiger partial charge in [0.15, 0.2) is 0 Å². The monoisotopic (exact) mass is 436 g/mol. The molecule has 32 heavy (non-hydrogen) atoms. The molecule has 2 aromatic rings. The minimum Gasteiger partial charge on any atom is -0.497 e. The highest BCUT2D eigenvalue weighted by atomic mass is 16.5. The molecule has 2 aliphatic heterocycles. The SMILES string of the molecule is COc1ccc(C2C(C(=O)N3CC(C)OCC3C)CCC(=O)N2c2ccc(C)cc2)cc1. The first kappa shape index (κ1) is 22.3. The number of rotatable bonds is 4. The summed E-state index contributed by atoms with van der Waals surface area (Å²) in [6.45, 7) is 7.15. The van der Waals surface area contributed by atoms with Crippen LogP contribution in [0.2, 0.25) is 0 Å². The lowest BCUT2D eigenvalue weighted by Crippen LogP contribution is -2.55. The summed E-state index contributed by atoms with van der Waals surface area (Å²) in [6, 6.07) is 15.3. The first-order valence-electron chi connectivity index (χ1n) is 11.3. The summed E-state index contributed by atoms with van der Waals surface area (Å²) >= 11 is 0. The van der Waals surface area contributed by atoms with Crippen molar-refractivity contribution < 1.29 is 19.1 Å². The van der Waals surface area contributed by atoms with E-state index < -0.39 is 0 Å². The summed E-state index contributed by atoms with van der Waals surface area (Å²) < 4.78 is 11.1. The van der Waals surface area contributed by atoms with Crippen LogP contribution < -0.4 is 9.64 Å². The van der Waals surface area contributed by atoms with Crippen molar-refractivity contribution in [2.75, 3.05) is 25.2 Å². The quantitative estimate of drug-likeness (QED) is 0.723. The second kappa shape index (κ2) is 9.33. The van der Waals surface area contributed by atoms with E-state index >= 15 is 0 Å². The molecule has 2 aliphatic rings. The topological polar surface area (TPSA) is 59.1 Å². The maximum atomic E-state index is 13.9. The maximum absolute atomic E-state index is 13.9. The number of hydrogen-bond donors (Lipinski definition) is 0. The highest BCUT2D eigenvalue weighted by molar-refractivity contribution is 5.97. The van der Waals surface area contributed by atoms with Gasteiger partial charge in [0.1, 0.15) is 5.75 Å². The predicted octanol–water partition coefficient (Wildman–Crippen LogP) is 4.12. The van der Waals surface area contributed by atoms with Crippen LogP contribution in [0.25, 0.3) is 0 Å². The van der Waals surface area contributed by atoms with Gasteiger partial charge in [-0.25, -0.2) is 0 Å². The van der Waals surface area contributed by atoms with E-state index in [1.165, 1.54) is 0 Å². The number of carbonyl (C=O) groups excluding carboxylic acids is 2. The van der Waals surface area contributed by atoms with Crippen LogP contribution >= 0.6 is 0 Å². The van der Waals surface area contributed by atoms with Gasteiger partial charge in [0, 0.05) is 18.7 Å². The van der Waals surface area contributed by atoms with Gasteiger partial charge in [-0.05, 0) is 57.0 Å². The number of nitrogens with zero attached hydrogens (tertiary/aromatic N) is 2. The molecule has 2 saturated heterocycles. The Morgan fingerprint density at radius 2 is 1.75 bits per heavy atom. The zero-order chi connectivity index (χ0) is 22.8. The van der Waals surface area contributed by atoms with Crippen molar-refractivity contribution in [1.29, 1.82) is 0 Å². The van der Waals surface area contributed by atoms with E-state index in [-0.39, 0.29) is 35.9 Å². The fourth-order valence-corrected chi connectivity index (χ4v) is 4.77. The molecule has 0 aliphatic carbocycles. The average Bonchev–Trinajstić information content (AvgIpc) is 2.81. The Bertz CT molecular complexity index is 957. The lowest BCUT2D eigenvalue weighted by molar-refractivity contribution is -0.149. The minimum absolute atomic E-state index is 0.00742. The number of ether oxygens (including phenoxy) is 2. The Morgan fingerprint density at radius 3 is 2.41 bits per heavy atom. The number of carbonyl (C=O) groups is 2.